The van der Waals surface area contributed by atoms with Crippen molar-refractivity contribution in [3.63, 3.8) is 0 Å². The highest BCUT2D eigenvalue weighted by atomic mass is 16.6. The highest BCUT2D eigenvalue weighted by Gasteiger charge is 2.23. The minimum atomic E-state index is -1.09. The number of esters is 1. The van der Waals surface area contributed by atoms with Crippen molar-refractivity contribution < 1.29 is 23.9 Å². The van der Waals surface area contributed by atoms with Gasteiger partial charge >= 0.3 is 12.0 Å². The summed E-state index contributed by atoms with van der Waals surface area (Å²) in [5.41, 5.74) is 2.02. The van der Waals surface area contributed by atoms with Gasteiger partial charge in [0.2, 0.25) is 0 Å². The van der Waals surface area contributed by atoms with Crippen molar-refractivity contribution in [1.82, 2.24) is 10.6 Å². The van der Waals surface area contributed by atoms with Gasteiger partial charge in [-0.15, -0.1) is 0 Å². The standard InChI is InChI=1S/C21H30N2O5/c1-13(2)16-10-9-14(3)18(11-16)27-12-19(24)28-15(4)20(25)23-21(26)22-17-7-5-6-8-17/h9-11,13,15,17H,5-8,12H2,1-4H3,(H2,22,23,25,26)/t15-/m1/s1. The Morgan fingerprint density at radius 2 is 1.82 bits per heavy atom. The molecule has 0 unspecified atom stereocenters. The summed E-state index contributed by atoms with van der Waals surface area (Å²) in [6.45, 7) is 7.15. The summed E-state index contributed by atoms with van der Waals surface area (Å²) in [5, 5.41) is 4.96. The van der Waals surface area contributed by atoms with E-state index in [2.05, 4.69) is 24.5 Å². The third-order valence-corrected chi connectivity index (χ3v) is 4.83. The van der Waals surface area contributed by atoms with E-state index in [1.54, 1.807) is 0 Å². The van der Waals surface area contributed by atoms with Crippen LogP contribution in [0.25, 0.3) is 0 Å². The zero-order valence-electron chi connectivity index (χ0n) is 17.0. The topological polar surface area (TPSA) is 93.7 Å². The first-order chi connectivity index (χ1) is 13.3. The van der Waals surface area contributed by atoms with E-state index in [9.17, 15) is 14.4 Å². The van der Waals surface area contributed by atoms with Crippen LogP contribution in [0.4, 0.5) is 4.79 Å². The van der Waals surface area contributed by atoms with E-state index in [-0.39, 0.29) is 12.6 Å². The second kappa shape index (κ2) is 10.1. The van der Waals surface area contributed by atoms with Gasteiger partial charge < -0.3 is 14.8 Å². The van der Waals surface area contributed by atoms with Gasteiger partial charge in [-0.3, -0.25) is 10.1 Å². The molecular weight excluding hydrogens is 360 g/mol. The predicted molar refractivity (Wildman–Crippen MR) is 105 cm³/mol. The van der Waals surface area contributed by atoms with Gasteiger partial charge in [-0.1, -0.05) is 38.8 Å². The Kier molecular flexibility index (Phi) is 7.84. The molecule has 1 aromatic rings. The van der Waals surface area contributed by atoms with Crippen molar-refractivity contribution in [3.05, 3.63) is 29.3 Å². The number of benzene rings is 1. The predicted octanol–water partition coefficient (Wildman–Crippen LogP) is 3.20. The molecular formula is C21H30N2O5. The van der Waals surface area contributed by atoms with Gasteiger partial charge in [0.05, 0.1) is 0 Å². The molecule has 1 aliphatic carbocycles. The number of hydrogen-bond acceptors (Lipinski definition) is 5. The fraction of sp³-hybridized carbons (Fsp3) is 0.571. The Labute approximate surface area is 166 Å². The van der Waals surface area contributed by atoms with E-state index in [1.807, 2.05) is 25.1 Å². The summed E-state index contributed by atoms with van der Waals surface area (Å²) >= 11 is 0. The summed E-state index contributed by atoms with van der Waals surface area (Å²) in [4.78, 5) is 35.8. The average molecular weight is 390 g/mol. The van der Waals surface area contributed by atoms with E-state index in [4.69, 9.17) is 9.47 Å². The normalized spacial score (nSPS) is 15.2. The monoisotopic (exact) mass is 390 g/mol. The summed E-state index contributed by atoms with van der Waals surface area (Å²) in [5.74, 6) is -0.389. The van der Waals surface area contributed by atoms with Crippen molar-refractivity contribution in [2.24, 2.45) is 0 Å². The molecule has 2 N–H and O–H groups in total. The number of amides is 3. The van der Waals surface area contributed by atoms with Crippen molar-refractivity contribution in [2.75, 3.05) is 6.61 Å². The van der Waals surface area contributed by atoms with Gasteiger partial charge in [0, 0.05) is 6.04 Å². The van der Waals surface area contributed by atoms with Crippen molar-refractivity contribution in [3.8, 4) is 5.75 Å². The third-order valence-electron chi connectivity index (χ3n) is 4.83. The second-order valence-corrected chi connectivity index (χ2v) is 7.54. The molecule has 0 spiro atoms. The van der Waals surface area contributed by atoms with Crippen molar-refractivity contribution >= 4 is 17.9 Å². The van der Waals surface area contributed by atoms with Crippen molar-refractivity contribution in [1.29, 1.82) is 0 Å². The molecule has 1 aliphatic rings. The van der Waals surface area contributed by atoms with Gasteiger partial charge in [0.1, 0.15) is 5.75 Å². The van der Waals surface area contributed by atoms with Crippen LogP contribution < -0.4 is 15.4 Å². The first-order valence-corrected chi connectivity index (χ1v) is 9.80. The molecule has 0 radical (unpaired) electrons. The number of hydrogen-bond donors (Lipinski definition) is 2. The second-order valence-electron chi connectivity index (χ2n) is 7.54. The van der Waals surface area contributed by atoms with Crippen molar-refractivity contribution in [2.45, 2.75) is 71.4 Å². The largest absolute Gasteiger partial charge is 0.482 e. The number of aryl methyl sites for hydroxylation is 1. The van der Waals surface area contributed by atoms with Gasteiger partial charge in [-0.25, -0.2) is 9.59 Å². The minimum Gasteiger partial charge on any atom is -0.482 e. The van der Waals surface area contributed by atoms with Crippen LogP contribution in [0, 0.1) is 6.92 Å². The number of ether oxygens (including phenoxy) is 2. The van der Waals surface area contributed by atoms with Crippen LogP contribution in [0.3, 0.4) is 0 Å². The first-order valence-electron chi connectivity index (χ1n) is 9.80. The van der Waals surface area contributed by atoms with Crippen LogP contribution in [-0.4, -0.2) is 36.7 Å². The molecule has 0 aliphatic heterocycles. The van der Waals surface area contributed by atoms with Gasteiger partial charge in [-0.2, -0.15) is 0 Å². The van der Waals surface area contributed by atoms with E-state index < -0.39 is 24.0 Å². The average Bonchev–Trinajstić information content (AvgIpc) is 3.13. The highest BCUT2D eigenvalue weighted by molar-refractivity contribution is 5.97. The maximum absolute atomic E-state index is 12.0. The number of rotatable bonds is 7. The number of nitrogens with one attached hydrogen (secondary N) is 2. The van der Waals surface area contributed by atoms with E-state index in [1.165, 1.54) is 6.92 Å². The third kappa shape index (κ3) is 6.55. The first kappa shape index (κ1) is 21.7. The Bertz CT molecular complexity index is 711. The van der Waals surface area contributed by atoms with Crippen LogP contribution in [-0.2, 0) is 14.3 Å². The van der Waals surface area contributed by atoms with E-state index >= 15 is 0 Å². The van der Waals surface area contributed by atoms with Gasteiger partial charge in [0.25, 0.3) is 5.91 Å². The Morgan fingerprint density at radius 3 is 2.46 bits per heavy atom. The van der Waals surface area contributed by atoms with Crippen LogP contribution >= 0.6 is 0 Å². The molecule has 3 amide bonds. The van der Waals surface area contributed by atoms with Gasteiger partial charge in [0.15, 0.2) is 12.7 Å². The summed E-state index contributed by atoms with van der Waals surface area (Å²) in [6.07, 6.45) is 2.90. The highest BCUT2D eigenvalue weighted by Crippen LogP contribution is 2.24. The maximum Gasteiger partial charge on any atom is 0.344 e. The van der Waals surface area contributed by atoms with Crippen LogP contribution in [0.15, 0.2) is 18.2 Å². The fourth-order valence-electron chi connectivity index (χ4n) is 3.06. The molecule has 1 atom stereocenters. The van der Waals surface area contributed by atoms with Crippen LogP contribution in [0.5, 0.6) is 5.75 Å². The fourth-order valence-corrected chi connectivity index (χ4v) is 3.06. The lowest BCUT2D eigenvalue weighted by Gasteiger charge is -2.16. The zero-order valence-corrected chi connectivity index (χ0v) is 17.0. The number of imide groups is 1. The molecule has 7 nitrogen and oxygen atoms in total. The molecule has 1 fully saturated rings. The number of urea groups is 1. The molecule has 0 aromatic heterocycles. The zero-order chi connectivity index (χ0) is 20.7. The van der Waals surface area contributed by atoms with Crippen LogP contribution in [0.1, 0.15) is 63.5 Å². The lowest BCUT2D eigenvalue weighted by molar-refractivity contribution is -0.156. The molecule has 7 heteroatoms. The summed E-state index contributed by atoms with van der Waals surface area (Å²) in [6, 6.07) is 5.40. The molecule has 1 saturated carbocycles. The van der Waals surface area contributed by atoms with E-state index in [0.717, 1.165) is 36.8 Å². The lowest BCUT2D eigenvalue weighted by Crippen LogP contribution is -2.47. The molecule has 28 heavy (non-hydrogen) atoms. The molecule has 1 aromatic carbocycles. The Morgan fingerprint density at radius 1 is 1.14 bits per heavy atom. The smallest absolute Gasteiger partial charge is 0.344 e. The number of carbonyl (C=O) groups excluding carboxylic acids is 3. The summed E-state index contributed by atoms with van der Waals surface area (Å²) in [7, 11) is 0. The maximum atomic E-state index is 12.0. The lowest BCUT2D eigenvalue weighted by atomic mass is 10.0. The molecule has 0 heterocycles. The van der Waals surface area contributed by atoms with Crippen LogP contribution in [0.2, 0.25) is 0 Å². The number of carbonyl (C=O) groups is 3. The molecule has 154 valence electrons. The Hall–Kier alpha value is -2.57. The van der Waals surface area contributed by atoms with E-state index in [0.29, 0.717) is 11.7 Å². The molecule has 2 rings (SSSR count). The molecule has 0 saturated heterocycles. The SMILES string of the molecule is Cc1ccc(C(C)C)cc1OCC(=O)O[C@H](C)C(=O)NC(=O)NC1CCCC1. The van der Waals surface area contributed by atoms with Gasteiger partial charge in [-0.05, 0) is 49.8 Å². The minimum absolute atomic E-state index is 0.101. The molecule has 0 bridgehead atoms. The summed E-state index contributed by atoms with van der Waals surface area (Å²) < 4.78 is 10.6. The Balaban J connectivity index is 1.77. The quantitative estimate of drug-likeness (QED) is 0.698.